The molecule has 1 N–H and O–H groups in total. The molecule has 20 heavy (non-hydrogen) atoms. The Bertz CT molecular complexity index is 334. The third-order valence-electron chi connectivity index (χ3n) is 3.89. The minimum atomic E-state index is -2.77. The first-order valence-electron chi connectivity index (χ1n) is 7.57. The van der Waals surface area contributed by atoms with E-state index in [1.165, 1.54) is 12.2 Å². The molecule has 0 aromatic heterocycles. The van der Waals surface area contributed by atoms with Crippen LogP contribution in [0.2, 0.25) is 0 Å². The molecule has 0 amide bonds. The Morgan fingerprint density at radius 1 is 1.45 bits per heavy atom. The van der Waals surface area contributed by atoms with Crippen molar-refractivity contribution in [1.82, 2.24) is 5.32 Å². The largest absolute Gasteiger partial charge is 0.383 e. The SMILES string of the molecule is CCSCCCC(CNCCOC)C1CCS(=O)(=O)C1. The Kier molecular flexibility index (Phi) is 9.16. The molecule has 2 atom stereocenters. The Labute approximate surface area is 128 Å². The topological polar surface area (TPSA) is 55.4 Å². The predicted molar refractivity (Wildman–Crippen MR) is 87.2 cm³/mol. The Morgan fingerprint density at radius 3 is 2.85 bits per heavy atom. The molecule has 120 valence electrons. The average Bonchev–Trinajstić information content (AvgIpc) is 2.77. The van der Waals surface area contributed by atoms with Crippen LogP contribution in [0.4, 0.5) is 0 Å². The Morgan fingerprint density at radius 2 is 2.25 bits per heavy atom. The van der Waals surface area contributed by atoms with Crippen LogP contribution in [0.25, 0.3) is 0 Å². The highest BCUT2D eigenvalue weighted by Gasteiger charge is 2.33. The van der Waals surface area contributed by atoms with Crippen LogP contribution in [-0.4, -0.2) is 58.2 Å². The first-order valence-corrected chi connectivity index (χ1v) is 10.5. The molecule has 4 nitrogen and oxygen atoms in total. The molecule has 1 aliphatic heterocycles. The third-order valence-corrected chi connectivity index (χ3v) is 6.67. The van der Waals surface area contributed by atoms with Gasteiger partial charge in [0, 0.05) is 13.7 Å². The van der Waals surface area contributed by atoms with E-state index in [1.807, 2.05) is 11.8 Å². The van der Waals surface area contributed by atoms with E-state index in [9.17, 15) is 8.42 Å². The van der Waals surface area contributed by atoms with Crippen molar-refractivity contribution in [3.05, 3.63) is 0 Å². The second kappa shape index (κ2) is 10.0. The van der Waals surface area contributed by atoms with E-state index in [0.29, 0.717) is 29.9 Å². The number of methoxy groups -OCH3 is 1. The molecule has 1 rings (SSSR count). The minimum Gasteiger partial charge on any atom is -0.383 e. The van der Waals surface area contributed by atoms with Gasteiger partial charge in [0.1, 0.15) is 0 Å². The zero-order valence-corrected chi connectivity index (χ0v) is 14.4. The van der Waals surface area contributed by atoms with Gasteiger partial charge in [-0.1, -0.05) is 6.92 Å². The van der Waals surface area contributed by atoms with Gasteiger partial charge in [0.05, 0.1) is 18.1 Å². The number of hydrogen-bond acceptors (Lipinski definition) is 5. The van der Waals surface area contributed by atoms with Crippen molar-refractivity contribution in [2.45, 2.75) is 26.2 Å². The molecule has 6 heteroatoms. The summed E-state index contributed by atoms with van der Waals surface area (Å²) in [6, 6.07) is 0. The van der Waals surface area contributed by atoms with Crippen molar-refractivity contribution in [2.24, 2.45) is 11.8 Å². The maximum Gasteiger partial charge on any atom is 0.150 e. The molecule has 0 radical (unpaired) electrons. The van der Waals surface area contributed by atoms with E-state index < -0.39 is 9.84 Å². The summed E-state index contributed by atoms with van der Waals surface area (Å²) in [5.74, 6) is 3.96. The molecule has 1 fully saturated rings. The monoisotopic (exact) mass is 323 g/mol. The molecular weight excluding hydrogens is 294 g/mol. The fraction of sp³-hybridized carbons (Fsp3) is 1.00. The van der Waals surface area contributed by atoms with Crippen LogP contribution in [0.3, 0.4) is 0 Å². The van der Waals surface area contributed by atoms with Crippen molar-refractivity contribution >= 4 is 21.6 Å². The van der Waals surface area contributed by atoms with Gasteiger partial charge in [-0.15, -0.1) is 0 Å². The summed E-state index contributed by atoms with van der Waals surface area (Å²) in [5, 5.41) is 3.40. The maximum absolute atomic E-state index is 11.7. The van der Waals surface area contributed by atoms with Crippen LogP contribution in [0.5, 0.6) is 0 Å². The number of ether oxygens (including phenoxy) is 1. The number of hydrogen-bond donors (Lipinski definition) is 1. The standard InChI is InChI=1S/C14H29NO3S2/c1-3-19-9-4-5-13(11-15-7-8-18-2)14-6-10-20(16,17)12-14/h13-15H,3-12H2,1-2H3. The van der Waals surface area contributed by atoms with Crippen molar-refractivity contribution in [3.63, 3.8) is 0 Å². The fourth-order valence-corrected chi connectivity index (χ4v) is 5.33. The van der Waals surface area contributed by atoms with E-state index in [0.717, 1.165) is 31.7 Å². The van der Waals surface area contributed by atoms with E-state index in [-0.39, 0.29) is 0 Å². The molecule has 1 saturated heterocycles. The summed E-state index contributed by atoms with van der Waals surface area (Å²) in [4.78, 5) is 0. The van der Waals surface area contributed by atoms with Crippen molar-refractivity contribution in [3.8, 4) is 0 Å². The molecule has 1 aliphatic rings. The van der Waals surface area contributed by atoms with Gasteiger partial charge in [0.25, 0.3) is 0 Å². The fourth-order valence-electron chi connectivity index (χ4n) is 2.75. The van der Waals surface area contributed by atoms with Gasteiger partial charge in [-0.3, -0.25) is 0 Å². The van der Waals surface area contributed by atoms with Gasteiger partial charge in [-0.05, 0) is 49.1 Å². The number of thioether (sulfide) groups is 1. The van der Waals surface area contributed by atoms with Crippen LogP contribution in [0, 0.1) is 11.8 Å². The van der Waals surface area contributed by atoms with Crippen LogP contribution in [-0.2, 0) is 14.6 Å². The van der Waals surface area contributed by atoms with Crippen molar-refractivity contribution < 1.29 is 13.2 Å². The van der Waals surface area contributed by atoms with Crippen LogP contribution < -0.4 is 5.32 Å². The van der Waals surface area contributed by atoms with Crippen LogP contribution in [0.15, 0.2) is 0 Å². The molecule has 0 bridgehead atoms. The lowest BCUT2D eigenvalue weighted by molar-refractivity contribution is 0.195. The molecule has 0 saturated carbocycles. The normalized spacial score (nSPS) is 23.0. The van der Waals surface area contributed by atoms with E-state index in [4.69, 9.17) is 4.74 Å². The number of sulfone groups is 1. The molecule has 0 aliphatic carbocycles. The lowest BCUT2D eigenvalue weighted by Gasteiger charge is -2.23. The smallest absolute Gasteiger partial charge is 0.150 e. The van der Waals surface area contributed by atoms with Crippen LogP contribution >= 0.6 is 11.8 Å². The molecule has 2 unspecified atom stereocenters. The first-order chi connectivity index (χ1) is 9.59. The second-order valence-electron chi connectivity index (χ2n) is 5.46. The highest BCUT2D eigenvalue weighted by atomic mass is 32.2. The van der Waals surface area contributed by atoms with Gasteiger partial charge in [0.15, 0.2) is 9.84 Å². The van der Waals surface area contributed by atoms with E-state index in [1.54, 1.807) is 7.11 Å². The highest BCUT2D eigenvalue weighted by Crippen LogP contribution is 2.29. The summed E-state index contributed by atoms with van der Waals surface area (Å²) in [7, 11) is -1.07. The Balaban J connectivity index is 2.37. The number of nitrogens with one attached hydrogen (secondary N) is 1. The summed E-state index contributed by atoms with van der Waals surface area (Å²) < 4.78 is 28.3. The summed E-state index contributed by atoms with van der Waals surface area (Å²) >= 11 is 1.97. The molecule has 0 aromatic rings. The predicted octanol–water partition coefficient (Wildman–Crippen LogP) is 1.81. The van der Waals surface area contributed by atoms with Gasteiger partial charge in [-0.25, -0.2) is 8.42 Å². The molecule has 0 spiro atoms. The molecule has 1 heterocycles. The summed E-state index contributed by atoms with van der Waals surface area (Å²) in [6.07, 6.45) is 3.17. The summed E-state index contributed by atoms with van der Waals surface area (Å²) in [6.45, 7) is 4.65. The molecule has 0 aromatic carbocycles. The van der Waals surface area contributed by atoms with Gasteiger partial charge in [0.2, 0.25) is 0 Å². The van der Waals surface area contributed by atoms with Gasteiger partial charge < -0.3 is 10.1 Å². The summed E-state index contributed by atoms with van der Waals surface area (Å²) in [5.41, 5.74) is 0. The van der Waals surface area contributed by atoms with E-state index in [2.05, 4.69) is 12.2 Å². The molecular formula is C14H29NO3S2. The highest BCUT2D eigenvalue weighted by molar-refractivity contribution is 7.99. The average molecular weight is 324 g/mol. The third kappa shape index (κ3) is 7.29. The second-order valence-corrected chi connectivity index (χ2v) is 9.08. The van der Waals surface area contributed by atoms with Crippen molar-refractivity contribution in [1.29, 1.82) is 0 Å². The quantitative estimate of drug-likeness (QED) is 0.588. The zero-order valence-electron chi connectivity index (χ0n) is 12.8. The van der Waals surface area contributed by atoms with Gasteiger partial charge >= 0.3 is 0 Å². The van der Waals surface area contributed by atoms with Crippen LogP contribution in [0.1, 0.15) is 26.2 Å². The maximum atomic E-state index is 11.7. The lowest BCUT2D eigenvalue weighted by atomic mass is 9.88. The number of rotatable bonds is 11. The van der Waals surface area contributed by atoms with Gasteiger partial charge in [-0.2, -0.15) is 11.8 Å². The zero-order chi connectivity index (χ0) is 14.8. The lowest BCUT2D eigenvalue weighted by Crippen LogP contribution is -2.31. The van der Waals surface area contributed by atoms with E-state index >= 15 is 0 Å². The van der Waals surface area contributed by atoms with Crippen molar-refractivity contribution in [2.75, 3.05) is 49.8 Å². The first kappa shape index (κ1) is 18.3. The Hall–Kier alpha value is 0.220. The minimum absolute atomic E-state index is 0.349.